The number of amides is 1. The summed E-state index contributed by atoms with van der Waals surface area (Å²) in [6.07, 6.45) is 6.72. The molecule has 1 aliphatic carbocycles. The van der Waals surface area contributed by atoms with Crippen LogP contribution < -0.4 is 5.32 Å². The number of hydrogen-bond acceptors (Lipinski definition) is 1. The lowest BCUT2D eigenvalue weighted by atomic mass is 10.0. The lowest BCUT2D eigenvalue weighted by molar-refractivity contribution is -0.116. The van der Waals surface area contributed by atoms with Gasteiger partial charge in [0, 0.05) is 12.1 Å². The molecule has 0 spiro atoms. The fraction of sp³-hybridized carbons (Fsp3) is 0.357. The smallest absolute Gasteiger partial charge is 0.224 e. The summed E-state index contributed by atoms with van der Waals surface area (Å²) in [5.41, 5.74) is 1.39. The molecule has 1 N–H and O–H groups in total. The van der Waals surface area contributed by atoms with E-state index >= 15 is 0 Å². The van der Waals surface area contributed by atoms with E-state index in [1.54, 1.807) is 6.07 Å². The first kappa shape index (κ1) is 13.3. The Morgan fingerprint density at radius 1 is 1.56 bits per heavy atom. The van der Waals surface area contributed by atoms with E-state index in [9.17, 15) is 9.18 Å². The third kappa shape index (κ3) is 3.19. The normalized spacial score (nSPS) is 18.1. The van der Waals surface area contributed by atoms with Gasteiger partial charge in [-0.3, -0.25) is 4.79 Å². The van der Waals surface area contributed by atoms with Crippen LogP contribution in [0, 0.1) is 18.7 Å². The Bertz CT molecular complexity index is 499. The number of aryl methyl sites for hydroxylation is 1. The summed E-state index contributed by atoms with van der Waals surface area (Å²) in [6.45, 7) is 1.84. The lowest BCUT2D eigenvalue weighted by Crippen LogP contribution is -2.15. The second kappa shape index (κ2) is 5.65. The molecule has 1 unspecified atom stereocenters. The average molecular weight is 312 g/mol. The number of anilines is 1. The SMILES string of the molecule is Cc1cc(Br)c(F)cc1NC(=O)CC1C=CCC1. The lowest BCUT2D eigenvalue weighted by Gasteiger charge is -2.11. The van der Waals surface area contributed by atoms with Crippen molar-refractivity contribution in [1.82, 2.24) is 0 Å². The van der Waals surface area contributed by atoms with Crippen molar-refractivity contribution < 1.29 is 9.18 Å². The van der Waals surface area contributed by atoms with Gasteiger partial charge in [0.2, 0.25) is 5.91 Å². The van der Waals surface area contributed by atoms with Crippen molar-refractivity contribution in [2.75, 3.05) is 5.32 Å². The van der Waals surface area contributed by atoms with Gasteiger partial charge >= 0.3 is 0 Å². The Kier molecular flexibility index (Phi) is 4.17. The molecule has 1 aliphatic rings. The molecular weight excluding hydrogens is 297 g/mol. The zero-order chi connectivity index (χ0) is 13.1. The maximum Gasteiger partial charge on any atom is 0.224 e. The highest BCUT2D eigenvalue weighted by Crippen LogP contribution is 2.25. The molecule has 1 amide bonds. The van der Waals surface area contributed by atoms with E-state index in [1.807, 2.05) is 6.92 Å². The topological polar surface area (TPSA) is 29.1 Å². The Morgan fingerprint density at radius 3 is 3.00 bits per heavy atom. The molecule has 4 heteroatoms. The molecule has 0 heterocycles. The number of rotatable bonds is 3. The van der Waals surface area contributed by atoms with E-state index in [-0.39, 0.29) is 11.7 Å². The largest absolute Gasteiger partial charge is 0.326 e. The second-order valence-corrected chi connectivity index (χ2v) is 5.45. The number of carbonyl (C=O) groups is 1. The van der Waals surface area contributed by atoms with Crippen LogP contribution in [0.5, 0.6) is 0 Å². The molecule has 0 aromatic heterocycles. The number of halogens is 2. The van der Waals surface area contributed by atoms with Crippen LogP contribution in [0.3, 0.4) is 0 Å². The Morgan fingerprint density at radius 2 is 2.33 bits per heavy atom. The predicted molar refractivity (Wildman–Crippen MR) is 73.9 cm³/mol. The number of carbonyl (C=O) groups excluding carboxylic acids is 1. The van der Waals surface area contributed by atoms with E-state index < -0.39 is 0 Å². The number of benzene rings is 1. The van der Waals surface area contributed by atoms with Gasteiger partial charge in [-0.1, -0.05) is 12.2 Å². The highest BCUT2D eigenvalue weighted by molar-refractivity contribution is 9.10. The fourth-order valence-electron chi connectivity index (χ4n) is 2.09. The third-order valence-corrected chi connectivity index (χ3v) is 3.71. The van der Waals surface area contributed by atoms with Crippen molar-refractivity contribution >= 4 is 27.5 Å². The minimum Gasteiger partial charge on any atom is -0.326 e. The minimum absolute atomic E-state index is 0.0589. The van der Waals surface area contributed by atoms with Gasteiger partial charge in [-0.15, -0.1) is 0 Å². The first-order valence-corrected chi connectivity index (χ1v) is 6.77. The van der Waals surface area contributed by atoms with Crippen LogP contribution in [0.4, 0.5) is 10.1 Å². The van der Waals surface area contributed by atoms with Crippen molar-refractivity contribution in [3.63, 3.8) is 0 Å². The maximum absolute atomic E-state index is 13.4. The van der Waals surface area contributed by atoms with Crippen molar-refractivity contribution in [3.05, 3.63) is 40.1 Å². The van der Waals surface area contributed by atoms with E-state index in [0.717, 1.165) is 18.4 Å². The van der Waals surface area contributed by atoms with E-state index in [2.05, 4.69) is 33.4 Å². The monoisotopic (exact) mass is 311 g/mol. The summed E-state index contributed by atoms with van der Waals surface area (Å²) >= 11 is 3.12. The highest BCUT2D eigenvalue weighted by atomic mass is 79.9. The summed E-state index contributed by atoms with van der Waals surface area (Å²) in [6, 6.07) is 3.02. The molecule has 0 saturated heterocycles. The van der Waals surface area contributed by atoms with Gasteiger partial charge in [0.15, 0.2) is 0 Å². The van der Waals surface area contributed by atoms with Crippen molar-refractivity contribution in [1.29, 1.82) is 0 Å². The first-order chi connectivity index (χ1) is 8.56. The molecule has 2 nitrogen and oxygen atoms in total. The third-order valence-electron chi connectivity index (χ3n) is 3.10. The molecule has 2 rings (SSSR count). The minimum atomic E-state index is -0.364. The zero-order valence-corrected chi connectivity index (χ0v) is 11.8. The zero-order valence-electron chi connectivity index (χ0n) is 10.2. The molecule has 0 saturated carbocycles. The van der Waals surface area contributed by atoms with Gasteiger partial charge in [-0.2, -0.15) is 0 Å². The molecule has 0 radical (unpaired) electrons. The summed E-state index contributed by atoms with van der Waals surface area (Å²) in [5, 5.41) is 2.77. The van der Waals surface area contributed by atoms with Gasteiger partial charge in [0.25, 0.3) is 0 Å². The van der Waals surface area contributed by atoms with Crippen molar-refractivity contribution in [3.8, 4) is 0 Å². The molecule has 1 atom stereocenters. The van der Waals surface area contributed by atoms with Crippen LogP contribution in [0.2, 0.25) is 0 Å². The van der Waals surface area contributed by atoms with Crippen LogP contribution in [0.1, 0.15) is 24.8 Å². The van der Waals surface area contributed by atoms with Crippen LogP contribution in [0.25, 0.3) is 0 Å². The quantitative estimate of drug-likeness (QED) is 0.833. The molecule has 1 aromatic carbocycles. The maximum atomic E-state index is 13.4. The number of hydrogen-bond donors (Lipinski definition) is 1. The Labute approximate surface area is 114 Å². The van der Waals surface area contributed by atoms with Gasteiger partial charge in [0.05, 0.1) is 4.47 Å². The van der Waals surface area contributed by atoms with Gasteiger partial charge in [-0.05, 0) is 59.3 Å². The summed E-state index contributed by atoms with van der Waals surface area (Å²) < 4.78 is 13.8. The predicted octanol–water partition coefficient (Wildman–Crippen LogP) is 4.19. The molecule has 96 valence electrons. The summed E-state index contributed by atoms with van der Waals surface area (Å²) in [4.78, 5) is 11.8. The summed E-state index contributed by atoms with van der Waals surface area (Å²) in [7, 11) is 0. The van der Waals surface area contributed by atoms with Crippen LogP contribution in [-0.4, -0.2) is 5.91 Å². The molecule has 0 aliphatic heterocycles. The molecule has 0 fully saturated rings. The highest BCUT2D eigenvalue weighted by Gasteiger charge is 2.15. The first-order valence-electron chi connectivity index (χ1n) is 5.98. The second-order valence-electron chi connectivity index (χ2n) is 4.60. The van der Waals surface area contributed by atoms with Crippen LogP contribution in [-0.2, 0) is 4.79 Å². The average Bonchev–Trinajstić information content (AvgIpc) is 2.78. The van der Waals surface area contributed by atoms with Crippen LogP contribution in [0.15, 0.2) is 28.8 Å². The van der Waals surface area contributed by atoms with Crippen LogP contribution >= 0.6 is 15.9 Å². The fourth-order valence-corrected chi connectivity index (χ4v) is 2.54. The molecule has 18 heavy (non-hydrogen) atoms. The Balaban J connectivity index is 2.02. The molecule has 0 bridgehead atoms. The van der Waals surface area contributed by atoms with Gasteiger partial charge in [0.1, 0.15) is 5.82 Å². The van der Waals surface area contributed by atoms with Gasteiger partial charge < -0.3 is 5.32 Å². The summed E-state index contributed by atoms with van der Waals surface area (Å²) in [5.74, 6) is -0.0985. The molecule has 1 aromatic rings. The number of allylic oxidation sites excluding steroid dienone is 2. The van der Waals surface area contributed by atoms with Gasteiger partial charge in [-0.25, -0.2) is 4.39 Å². The number of nitrogens with one attached hydrogen (secondary N) is 1. The van der Waals surface area contributed by atoms with Crippen molar-refractivity contribution in [2.45, 2.75) is 26.2 Å². The van der Waals surface area contributed by atoms with E-state index in [0.29, 0.717) is 22.5 Å². The van der Waals surface area contributed by atoms with Crippen molar-refractivity contribution in [2.24, 2.45) is 5.92 Å². The Hall–Kier alpha value is -1.16. The van der Waals surface area contributed by atoms with E-state index in [4.69, 9.17) is 0 Å². The standard InChI is InChI=1S/C14H15BrFNO/c1-9-6-11(15)12(16)8-13(9)17-14(18)7-10-4-2-3-5-10/h2,4,6,8,10H,3,5,7H2,1H3,(H,17,18). The molecular formula is C14H15BrFNO. The van der Waals surface area contributed by atoms with E-state index in [1.165, 1.54) is 6.07 Å².